The first kappa shape index (κ1) is 11.5. The van der Waals surface area contributed by atoms with Crippen LogP contribution in [0, 0.1) is 0 Å². The largest absolute Gasteiger partial charge is 0.392 e. The van der Waals surface area contributed by atoms with Crippen LogP contribution in [0.5, 0.6) is 0 Å². The monoisotopic (exact) mass is 212 g/mol. The standard InChI is InChI=1S/C9H16N4O2/c1-6(14)5-12(2)9(15)7-4-11-13(3)8(7)10/h4,6,14H,5,10H2,1-3H3. The minimum Gasteiger partial charge on any atom is -0.392 e. The number of carbonyl (C=O) groups excluding carboxylic acids is 1. The second kappa shape index (κ2) is 4.31. The first-order chi connectivity index (χ1) is 6.93. The molecule has 1 heterocycles. The molecule has 1 unspecified atom stereocenters. The lowest BCUT2D eigenvalue weighted by molar-refractivity contribution is 0.0704. The zero-order chi connectivity index (χ0) is 11.6. The Balaban J connectivity index is 2.81. The molecule has 15 heavy (non-hydrogen) atoms. The van der Waals surface area contributed by atoms with E-state index in [4.69, 9.17) is 10.8 Å². The summed E-state index contributed by atoms with van der Waals surface area (Å²) in [5, 5.41) is 13.0. The van der Waals surface area contributed by atoms with Crippen molar-refractivity contribution in [3.05, 3.63) is 11.8 Å². The third kappa shape index (κ3) is 2.47. The van der Waals surface area contributed by atoms with E-state index in [-0.39, 0.29) is 12.5 Å². The van der Waals surface area contributed by atoms with Gasteiger partial charge in [-0.2, -0.15) is 5.10 Å². The number of hydrogen-bond acceptors (Lipinski definition) is 4. The summed E-state index contributed by atoms with van der Waals surface area (Å²) in [6.07, 6.45) is 0.868. The van der Waals surface area contributed by atoms with Gasteiger partial charge in [0, 0.05) is 20.6 Å². The van der Waals surface area contributed by atoms with Crippen LogP contribution in [0.4, 0.5) is 5.82 Å². The van der Waals surface area contributed by atoms with Crippen molar-refractivity contribution in [2.45, 2.75) is 13.0 Å². The number of nitrogens with zero attached hydrogens (tertiary/aromatic N) is 3. The molecule has 0 aliphatic rings. The number of amides is 1. The number of hydrogen-bond donors (Lipinski definition) is 2. The topological polar surface area (TPSA) is 84.4 Å². The number of anilines is 1. The van der Waals surface area contributed by atoms with Gasteiger partial charge in [0.15, 0.2) is 0 Å². The summed E-state index contributed by atoms with van der Waals surface area (Å²) in [4.78, 5) is 13.2. The SMILES string of the molecule is CC(O)CN(C)C(=O)c1cnn(C)c1N. The van der Waals surface area contributed by atoms with E-state index in [1.165, 1.54) is 15.8 Å². The van der Waals surface area contributed by atoms with Crippen LogP contribution >= 0.6 is 0 Å². The van der Waals surface area contributed by atoms with Crippen LogP contribution in [-0.2, 0) is 7.05 Å². The van der Waals surface area contributed by atoms with Gasteiger partial charge in [0.2, 0.25) is 0 Å². The second-order valence-corrected chi connectivity index (χ2v) is 3.60. The van der Waals surface area contributed by atoms with Gasteiger partial charge in [0.1, 0.15) is 11.4 Å². The zero-order valence-corrected chi connectivity index (χ0v) is 9.14. The van der Waals surface area contributed by atoms with Gasteiger partial charge in [-0.3, -0.25) is 9.48 Å². The van der Waals surface area contributed by atoms with Gasteiger partial charge < -0.3 is 15.7 Å². The highest BCUT2D eigenvalue weighted by atomic mass is 16.3. The van der Waals surface area contributed by atoms with Crippen molar-refractivity contribution in [2.75, 3.05) is 19.3 Å². The van der Waals surface area contributed by atoms with Crippen LogP contribution in [0.25, 0.3) is 0 Å². The zero-order valence-electron chi connectivity index (χ0n) is 9.14. The molecule has 6 heteroatoms. The minimum atomic E-state index is -0.558. The molecule has 0 saturated carbocycles. The van der Waals surface area contributed by atoms with Gasteiger partial charge in [-0.25, -0.2) is 0 Å². The number of rotatable bonds is 3. The quantitative estimate of drug-likeness (QED) is 0.704. The molecule has 0 aromatic carbocycles. The van der Waals surface area contributed by atoms with Crippen molar-refractivity contribution in [2.24, 2.45) is 7.05 Å². The van der Waals surface area contributed by atoms with Crippen LogP contribution in [0.1, 0.15) is 17.3 Å². The third-order valence-electron chi connectivity index (χ3n) is 2.10. The Morgan fingerprint density at radius 3 is 2.80 bits per heavy atom. The van der Waals surface area contributed by atoms with E-state index in [1.807, 2.05) is 0 Å². The molecule has 1 aromatic heterocycles. The van der Waals surface area contributed by atoms with E-state index in [0.29, 0.717) is 11.4 Å². The Hall–Kier alpha value is -1.56. The number of nitrogens with two attached hydrogens (primary N) is 1. The predicted octanol–water partition coefficient (Wildman–Crippen LogP) is -0.545. The summed E-state index contributed by atoms with van der Waals surface area (Å²) in [7, 11) is 3.28. The molecule has 0 aliphatic heterocycles. The van der Waals surface area contributed by atoms with Gasteiger partial charge in [0.05, 0.1) is 12.3 Å². The van der Waals surface area contributed by atoms with Crippen molar-refractivity contribution in [1.82, 2.24) is 14.7 Å². The lowest BCUT2D eigenvalue weighted by Gasteiger charge is -2.18. The van der Waals surface area contributed by atoms with Crippen molar-refractivity contribution in [3.63, 3.8) is 0 Å². The fraction of sp³-hybridized carbons (Fsp3) is 0.556. The van der Waals surface area contributed by atoms with E-state index >= 15 is 0 Å². The molecular weight excluding hydrogens is 196 g/mol. The van der Waals surface area contributed by atoms with Crippen molar-refractivity contribution >= 4 is 11.7 Å². The van der Waals surface area contributed by atoms with E-state index in [9.17, 15) is 4.79 Å². The van der Waals surface area contributed by atoms with Crippen LogP contribution in [0.2, 0.25) is 0 Å². The van der Waals surface area contributed by atoms with Gasteiger partial charge in [-0.05, 0) is 6.92 Å². The maximum Gasteiger partial charge on any atom is 0.259 e. The highest BCUT2D eigenvalue weighted by Crippen LogP contribution is 2.11. The molecule has 0 bridgehead atoms. The molecule has 0 spiro atoms. The third-order valence-corrected chi connectivity index (χ3v) is 2.10. The van der Waals surface area contributed by atoms with E-state index < -0.39 is 6.10 Å². The predicted molar refractivity (Wildman–Crippen MR) is 56.3 cm³/mol. The Morgan fingerprint density at radius 2 is 2.40 bits per heavy atom. The molecule has 3 N–H and O–H groups in total. The van der Waals surface area contributed by atoms with E-state index in [2.05, 4.69) is 5.10 Å². The lowest BCUT2D eigenvalue weighted by Crippen LogP contribution is -2.33. The van der Waals surface area contributed by atoms with Gasteiger partial charge >= 0.3 is 0 Å². The number of aliphatic hydroxyl groups is 1. The second-order valence-electron chi connectivity index (χ2n) is 3.60. The van der Waals surface area contributed by atoms with E-state index in [1.54, 1.807) is 21.0 Å². The molecule has 1 aromatic rings. The number of likely N-dealkylation sites (N-methyl/N-ethyl adjacent to an activating group) is 1. The summed E-state index contributed by atoms with van der Waals surface area (Å²) in [6.45, 7) is 1.89. The fourth-order valence-corrected chi connectivity index (χ4v) is 1.30. The number of aryl methyl sites for hydroxylation is 1. The molecule has 1 rings (SSSR count). The first-order valence-corrected chi connectivity index (χ1v) is 4.64. The molecule has 84 valence electrons. The Kier molecular flexibility index (Phi) is 3.31. The molecule has 0 aliphatic carbocycles. The molecule has 1 atom stereocenters. The molecule has 0 saturated heterocycles. The van der Waals surface area contributed by atoms with Gasteiger partial charge in [-0.1, -0.05) is 0 Å². The summed E-state index contributed by atoms with van der Waals surface area (Å²) in [6, 6.07) is 0. The van der Waals surface area contributed by atoms with Crippen molar-refractivity contribution in [1.29, 1.82) is 0 Å². The average Bonchev–Trinajstić information content (AvgIpc) is 2.45. The molecule has 6 nitrogen and oxygen atoms in total. The average molecular weight is 212 g/mol. The molecule has 0 radical (unpaired) electrons. The number of nitrogen functional groups attached to an aromatic ring is 1. The molecular formula is C9H16N4O2. The number of aliphatic hydroxyl groups excluding tert-OH is 1. The fourth-order valence-electron chi connectivity index (χ4n) is 1.30. The molecule has 1 amide bonds. The van der Waals surface area contributed by atoms with Crippen molar-refractivity contribution < 1.29 is 9.90 Å². The first-order valence-electron chi connectivity index (χ1n) is 4.64. The minimum absolute atomic E-state index is 0.235. The highest BCUT2D eigenvalue weighted by Gasteiger charge is 2.18. The van der Waals surface area contributed by atoms with Crippen LogP contribution in [0.15, 0.2) is 6.20 Å². The summed E-state index contributed by atoms with van der Waals surface area (Å²) in [5.74, 6) is 0.0962. The maximum atomic E-state index is 11.8. The summed E-state index contributed by atoms with van der Waals surface area (Å²) >= 11 is 0. The maximum absolute atomic E-state index is 11.8. The van der Waals surface area contributed by atoms with Gasteiger partial charge in [-0.15, -0.1) is 0 Å². The van der Waals surface area contributed by atoms with Crippen LogP contribution in [0.3, 0.4) is 0 Å². The Bertz CT molecular complexity index is 359. The van der Waals surface area contributed by atoms with Crippen molar-refractivity contribution in [3.8, 4) is 0 Å². The highest BCUT2D eigenvalue weighted by molar-refractivity contribution is 5.98. The number of aromatic nitrogens is 2. The van der Waals surface area contributed by atoms with E-state index in [0.717, 1.165) is 0 Å². The lowest BCUT2D eigenvalue weighted by atomic mass is 10.2. The summed E-state index contributed by atoms with van der Waals surface area (Å²) in [5.41, 5.74) is 6.02. The number of carbonyl (C=O) groups is 1. The van der Waals surface area contributed by atoms with Crippen LogP contribution < -0.4 is 5.73 Å². The molecule has 0 fully saturated rings. The summed E-state index contributed by atoms with van der Waals surface area (Å²) < 4.78 is 1.43. The Morgan fingerprint density at radius 1 is 1.80 bits per heavy atom. The van der Waals surface area contributed by atoms with Gasteiger partial charge in [0.25, 0.3) is 5.91 Å². The normalized spacial score (nSPS) is 12.5. The Labute approximate surface area is 88.3 Å². The van der Waals surface area contributed by atoms with Crippen LogP contribution in [-0.4, -0.2) is 45.4 Å². The smallest absolute Gasteiger partial charge is 0.259 e.